The van der Waals surface area contributed by atoms with Crippen molar-refractivity contribution in [3.8, 4) is 0 Å². The maximum Gasteiger partial charge on any atom is 0.315 e. The highest BCUT2D eigenvalue weighted by molar-refractivity contribution is 5.94. The summed E-state index contributed by atoms with van der Waals surface area (Å²) in [4.78, 5) is 41.3. The minimum Gasteiger partial charge on any atom is -0.342 e. The lowest BCUT2D eigenvalue weighted by molar-refractivity contribution is -0.136. The molecule has 0 bridgehead atoms. The molecule has 1 aromatic rings. The summed E-state index contributed by atoms with van der Waals surface area (Å²) in [5.41, 5.74) is 1.59. The summed E-state index contributed by atoms with van der Waals surface area (Å²) in [6.07, 6.45) is 6.14. The lowest BCUT2D eigenvalue weighted by Crippen LogP contribution is -2.44. The molecule has 2 N–H and O–H groups in total. The van der Waals surface area contributed by atoms with Crippen LogP contribution in [0.5, 0.6) is 0 Å². The molecule has 2 fully saturated rings. The van der Waals surface area contributed by atoms with Crippen molar-refractivity contribution in [1.29, 1.82) is 0 Å². The number of urea groups is 1. The van der Waals surface area contributed by atoms with Gasteiger partial charge in [-0.2, -0.15) is 0 Å². The summed E-state index contributed by atoms with van der Waals surface area (Å²) < 4.78 is 0. The van der Waals surface area contributed by atoms with Crippen LogP contribution in [0.4, 0.5) is 4.79 Å². The zero-order valence-electron chi connectivity index (χ0n) is 18.9. The maximum absolute atomic E-state index is 12.9. The van der Waals surface area contributed by atoms with E-state index in [1.54, 1.807) is 0 Å². The second kappa shape index (κ2) is 11.2. The lowest BCUT2D eigenvalue weighted by atomic mass is 9.94. The second-order valence-corrected chi connectivity index (χ2v) is 8.98. The van der Waals surface area contributed by atoms with Gasteiger partial charge >= 0.3 is 6.03 Å². The van der Waals surface area contributed by atoms with E-state index in [0.29, 0.717) is 25.2 Å². The zero-order valence-corrected chi connectivity index (χ0v) is 18.9. The highest BCUT2D eigenvalue weighted by Crippen LogP contribution is 2.23. The summed E-state index contributed by atoms with van der Waals surface area (Å²) in [7, 11) is 0. The van der Waals surface area contributed by atoms with Crippen molar-refractivity contribution in [2.24, 2.45) is 5.92 Å². The van der Waals surface area contributed by atoms with Gasteiger partial charge in [-0.15, -0.1) is 0 Å². The Labute approximate surface area is 185 Å². The number of piperidine rings is 1. The molecule has 0 spiro atoms. The van der Waals surface area contributed by atoms with E-state index in [4.69, 9.17) is 0 Å². The molecule has 2 saturated heterocycles. The highest BCUT2D eigenvalue weighted by Gasteiger charge is 2.30. The molecule has 2 heterocycles. The first kappa shape index (κ1) is 23.1. The fourth-order valence-electron chi connectivity index (χ4n) is 4.32. The highest BCUT2D eigenvalue weighted by atomic mass is 16.2. The molecule has 0 atom stereocenters. The van der Waals surface area contributed by atoms with Crippen LogP contribution in [0, 0.1) is 5.92 Å². The van der Waals surface area contributed by atoms with Crippen LogP contribution in [0.25, 0.3) is 0 Å². The molecule has 7 heteroatoms. The molecular formula is C24H36N4O3. The predicted molar refractivity (Wildman–Crippen MR) is 121 cm³/mol. The van der Waals surface area contributed by atoms with Gasteiger partial charge in [-0.25, -0.2) is 4.79 Å². The number of hydrogen-bond donors (Lipinski definition) is 2. The average molecular weight is 429 g/mol. The van der Waals surface area contributed by atoms with Crippen molar-refractivity contribution >= 4 is 17.8 Å². The van der Waals surface area contributed by atoms with Crippen LogP contribution in [0.2, 0.25) is 0 Å². The van der Waals surface area contributed by atoms with E-state index in [1.807, 2.05) is 47.9 Å². The monoisotopic (exact) mass is 428 g/mol. The van der Waals surface area contributed by atoms with Crippen molar-refractivity contribution < 1.29 is 14.4 Å². The number of likely N-dealkylation sites (tertiary alicyclic amines) is 2. The van der Waals surface area contributed by atoms with E-state index in [0.717, 1.165) is 44.3 Å². The Morgan fingerprint density at radius 3 is 2.10 bits per heavy atom. The Bertz CT molecular complexity index is 747. The molecule has 2 aliphatic rings. The van der Waals surface area contributed by atoms with Gasteiger partial charge in [-0.3, -0.25) is 9.59 Å². The fraction of sp³-hybridized carbons (Fsp3) is 0.625. The smallest absolute Gasteiger partial charge is 0.315 e. The summed E-state index contributed by atoms with van der Waals surface area (Å²) in [5.74, 6) is 0.345. The number of nitrogens with one attached hydrogen (secondary N) is 2. The van der Waals surface area contributed by atoms with Gasteiger partial charge in [0.1, 0.15) is 0 Å². The number of hydrogen-bond acceptors (Lipinski definition) is 3. The Morgan fingerprint density at radius 2 is 1.52 bits per heavy atom. The first-order valence-corrected chi connectivity index (χ1v) is 11.7. The fourth-order valence-corrected chi connectivity index (χ4v) is 4.32. The minimum atomic E-state index is -0.201. The van der Waals surface area contributed by atoms with Gasteiger partial charge in [0.15, 0.2) is 0 Å². The van der Waals surface area contributed by atoms with Gasteiger partial charge < -0.3 is 20.4 Å². The van der Waals surface area contributed by atoms with Gasteiger partial charge in [-0.1, -0.05) is 25.0 Å². The topological polar surface area (TPSA) is 81.8 Å². The Hall–Kier alpha value is -2.57. The van der Waals surface area contributed by atoms with Crippen LogP contribution < -0.4 is 10.6 Å². The maximum atomic E-state index is 12.9. The van der Waals surface area contributed by atoms with E-state index in [1.165, 1.54) is 12.8 Å². The van der Waals surface area contributed by atoms with Crippen molar-refractivity contribution in [1.82, 2.24) is 20.4 Å². The van der Waals surface area contributed by atoms with E-state index < -0.39 is 0 Å². The summed E-state index contributed by atoms with van der Waals surface area (Å²) in [5, 5.41) is 5.59. The normalized spacial score (nSPS) is 17.9. The minimum absolute atomic E-state index is 0.0118. The first-order chi connectivity index (χ1) is 14.9. The SMILES string of the molecule is CC(C)NC(=O)NCc1ccc(C(=O)N2CCC(C(=O)N3CCCCCC3)CC2)cc1. The number of carbonyl (C=O) groups is 3. The molecule has 0 radical (unpaired) electrons. The van der Waals surface area contributed by atoms with Gasteiger partial charge in [0.2, 0.25) is 5.91 Å². The summed E-state index contributed by atoms with van der Waals surface area (Å²) >= 11 is 0. The lowest BCUT2D eigenvalue weighted by Gasteiger charge is -2.34. The molecule has 0 unspecified atom stereocenters. The molecule has 2 aliphatic heterocycles. The van der Waals surface area contributed by atoms with Crippen LogP contribution in [-0.2, 0) is 11.3 Å². The predicted octanol–water partition coefficient (Wildman–Crippen LogP) is 3.15. The third kappa shape index (κ3) is 6.71. The van der Waals surface area contributed by atoms with Crippen LogP contribution in [-0.4, -0.2) is 59.9 Å². The van der Waals surface area contributed by atoms with E-state index in [-0.39, 0.29) is 29.8 Å². The van der Waals surface area contributed by atoms with Crippen LogP contribution >= 0.6 is 0 Å². The number of nitrogens with zero attached hydrogens (tertiary/aromatic N) is 2. The average Bonchev–Trinajstić information content (AvgIpc) is 3.06. The Morgan fingerprint density at radius 1 is 0.903 bits per heavy atom. The Balaban J connectivity index is 1.46. The van der Waals surface area contributed by atoms with E-state index >= 15 is 0 Å². The third-order valence-corrected chi connectivity index (χ3v) is 6.12. The molecule has 4 amide bonds. The van der Waals surface area contributed by atoms with E-state index in [2.05, 4.69) is 10.6 Å². The van der Waals surface area contributed by atoms with Gasteiger partial charge in [0, 0.05) is 50.2 Å². The van der Waals surface area contributed by atoms with Crippen LogP contribution in [0.1, 0.15) is 68.3 Å². The molecule has 3 rings (SSSR count). The van der Waals surface area contributed by atoms with Gasteiger partial charge in [-0.05, 0) is 57.2 Å². The number of benzene rings is 1. The summed E-state index contributed by atoms with van der Waals surface area (Å²) in [6, 6.07) is 7.26. The van der Waals surface area contributed by atoms with Crippen molar-refractivity contribution in [2.75, 3.05) is 26.2 Å². The van der Waals surface area contributed by atoms with Crippen molar-refractivity contribution in [3.63, 3.8) is 0 Å². The molecule has 1 aromatic carbocycles. The van der Waals surface area contributed by atoms with Crippen molar-refractivity contribution in [2.45, 2.75) is 65.0 Å². The molecule has 170 valence electrons. The number of carbonyl (C=O) groups excluding carboxylic acids is 3. The molecule has 31 heavy (non-hydrogen) atoms. The Kier molecular flexibility index (Phi) is 8.32. The second-order valence-electron chi connectivity index (χ2n) is 8.98. The van der Waals surface area contributed by atoms with Crippen LogP contribution in [0.3, 0.4) is 0 Å². The zero-order chi connectivity index (χ0) is 22.2. The largest absolute Gasteiger partial charge is 0.342 e. The van der Waals surface area contributed by atoms with Gasteiger partial charge in [0.05, 0.1) is 0 Å². The van der Waals surface area contributed by atoms with Gasteiger partial charge in [0.25, 0.3) is 5.91 Å². The van der Waals surface area contributed by atoms with Crippen molar-refractivity contribution in [3.05, 3.63) is 35.4 Å². The van der Waals surface area contributed by atoms with E-state index in [9.17, 15) is 14.4 Å². The molecule has 7 nitrogen and oxygen atoms in total. The standard InChI is InChI=1S/C24H36N4O3/c1-18(2)26-24(31)25-17-19-7-9-20(10-8-19)22(29)28-15-11-21(12-16-28)23(30)27-13-5-3-4-6-14-27/h7-10,18,21H,3-6,11-17H2,1-2H3,(H2,25,26,31). The third-order valence-electron chi connectivity index (χ3n) is 6.12. The first-order valence-electron chi connectivity index (χ1n) is 11.7. The quantitative estimate of drug-likeness (QED) is 0.756. The number of amides is 4. The molecular weight excluding hydrogens is 392 g/mol. The number of rotatable bonds is 5. The molecule has 0 aromatic heterocycles. The molecule has 0 saturated carbocycles. The summed E-state index contributed by atoms with van der Waals surface area (Å²) in [6.45, 7) is 7.26. The molecule has 0 aliphatic carbocycles. The van der Waals surface area contributed by atoms with Crippen LogP contribution in [0.15, 0.2) is 24.3 Å².